The van der Waals surface area contributed by atoms with E-state index in [4.69, 9.17) is 4.52 Å². The Morgan fingerprint density at radius 2 is 2.14 bits per heavy atom. The summed E-state index contributed by atoms with van der Waals surface area (Å²) in [6.45, 7) is 4.71. The molecule has 116 valence electrons. The predicted molar refractivity (Wildman–Crippen MR) is 78.1 cm³/mol. The molecule has 8 heteroatoms. The van der Waals surface area contributed by atoms with Crippen molar-refractivity contribution in [3.8, 4) is 0 Å². The van der Waals surface area contributed by atoms with Crippen LogP contribution in [0.4, 0.5) is 0 Å². The van der Waals surface area contributed by atoms with Crippen LogP contribution >= 0.6 is 0 Å². The van der Waals surface area contributed by atoms with Crippen LogP contribution in [0.1, 0.15) is 31.3 Å². The first-order valence-corrected chi connectivity index (χ1v) is 8.17. The first-order valence-electron chi connectivity index (χ1n) is 6.68. The molecule has 0 spiro atoms. The molecule has 0 amide bonds. The Kier molecular flexibility index (Phi) is 4.81. The molecule has 0 saturated heterocycles. The van der Waals surface area contributed by atoms with Gasteiger partial charge in [-0.15, -0.1) is 0 Å². The van der Waals surface area contributed by atoms with E-state index in [0.29, 0.717) is 12.3 Å². The summed E-state index contributed by atoms with van der Waals surface area (Å²) >= 11 is 0. The van der Waals surface area contributed by atoms with Gasteiger partial charge in [0.25, 0.3) is 0 Å². The maximum atomic E-state index is 12.3. The second-order valence-corrected chi connectivity index (χ2v) is 6.77. The van der Waals surface area contributed by atoms with Gasteiger partial charge < -0.3 is 14.4 Å². The Labute approximate surface area is 124 Å². The highest BCUT2D eigenvalue weighted by Gasteiger charge is 2.19. The number of nitrogens with zero attached hydrogens (tertiary/aromatic N) is 2. The smallest absolute Gasteiger partial charge is 0.242 e. The van der Waals surface area contributed by atoms with E-state index in [1.165, 1.54) is 6.20 Å². The Hall–Kier alpha value is -1.64. The normalized spacial score (nSPS) is 12.2. The summed E-state index contributed by atoms with van der Waals surface area (Å²) < 4.78 is 34.0. The van der Waals surface area contributed by atoms with Gasteiger partial charge in [-0.1, -0.05) is 5.16 Å². The van der Waals surface area contributed by atoms with Gasteiger partial charge in [0.15, 0.2) is 5.76 Å². The van der Waals surface area contributed by atoms with Crippen LogP contribution in [0.5, 0.6) is 0 Å². The molecule has 7 nitrogen and oxygen atoms in total. The molecule has 0 unspecified atom stereocenters. The van der Waals surface area contributed by atoms with Crippen molar-refractivity contribution in [3.63, 3.8) is 0 Å². The molecule has 0 atom stereocenters. The van der Waals surface area contributed by atoms with E-state index < -0.39 is 10.0 Å². The van der Waals surface area contributed by atoms with E-state index in [1.54, 1.807) is 18.3 Å². The predicted octanol–water partition coefficient (Wildman–Crippen LogP) is 1.25. The van der Waals surface area contributed by atoms with Crippen LogP contribution in [-0.4, -0.2) is 25.2 Å². The van der Waals surface area contributed by atoms with Gasteiger partial charge in [0.1, 0.15) is 0 Å². The van der Waals surface area contributed by atoms with Gasteiger partial charge in [0, 0.05) is 30.5 Å². The van der Waals surface area contributed by atoms with Crippen molar-refractivity contribution in [2.75, 3.05) is 7.05 Å². The minimum Gasteiger partial charge on any atom is -0.360 e. The van der Waals surface area contributed by atoms with E-state index in [0.717, 1.165) is 5.69 Å². The van der Waals surface area contributed by atoms with Gasteiger partial charge >= 0.3 is 0 Å². The van der Waals surface area contributed by atoms with Crippen molar-refractivity contribution in [1.29, 1.82) is 0 Å². The molecule has 21 heavy (non-hydrogen) atoms. The maximum Gasteiger partial charge on any atom is 0.242 e. The van der Waals surface area contributed by atoms with Crippen molar-refractivity contribution in [2.45, 2.75) is 37.9 Å². The second-order valence-electron chi connectivity index (χ2n) is 5.00. The summed E-state index contributed by atoms with van der Waals surface area (Å²) in [5, 5.41) is 6.58. The lowest BCUT2D eigenvalue weighted by Crippen LogP contribution is -2.22. The fourth-order valence-corrected chi connectivity index (χ4v) is 3.07. The summed E-state index contributed by atoms with van der Waals surface area (Å²) in [5.41, 5.74) is 0.924. The van der Waals surface area contributed by atoms with Crippen LogP contribution in [0, 0.1) is 0 Å². The summed E-state index contributed by atoms with van der Waals surface area (Å²) in [6, 6.07) is 3.49. The monoisotopic (exact) mass is 312 g/mol. The van der Waals surface area contributed by atoms with Crippen molar-refractivity contribution in [1.82, 2.24) is 19.8 Å². The number of aromatic nitrogens is 2. The number of nitrogens with one attached hydrogen (secondary N) is 2. The van der Waals surface area contributed by atoms with Gasteiger partial charge in [-0.3, -0.25) is 0 Å². The van der Waals surface area contributed by atoms with Crippen LogP contribution in [0.3, 0.4) is 0 Å². The second kappa shape index (κ2) is 6.42. The van der Waals surface area contributed by atoms with Crippen LogP contribution in [0.15, 0.2) is 33.9 Å². The highest BCUT2D eigenvalue weighted by molar-refractivity contribution is 7.89. The van der Waals surface area contributed by atoms with Crippen LogP contribution in [0.25, 0.3) is 0 Å². The Balaban J connectivity index is 2.21. The molecule has 0 fully saturated rings. The Morgan fingerprint density at radius 1 is 1.38 bits per heavy atom. The third-order valence-corrected chi connectivity index (χ3v) is 4.43. The average Bonchev–Trinajstić information content (AvgIpc) is 3.06. The Bertz CT molecular complexity index is 674. The highest BCUT2D eigenvalue weighted by atomic mass is 32.2. The van der Waals surface area contributed by atoms with Gasteiger partial charge in [-0.25, -0.2) is 13.1 Å². The maximum absolute atomic E-state index is 12.3. The minimum absolute atomic E-state index is 0.0799. The van der Waals surface area contributed by atoms with Gasteiger partial charge in [-0.2, -0.15) is 0 Å². The minimum atomic E-state index is -3.58. The van der Waals surface area contributed by atoms with E-state index in [9.17, 15) is 8.42 Å². The van der Waals surface area contributed by atoms with Gasteiger partial charge in [0.2, 0.25) is 10.0 Å². The first kappa shape index (κ1) is 15.7. The molecule has 2 N–H and O–H groups in total. The average molecular weight is 312 g/mol. The quantitative estimate of drug-likeness (QED) is 0.803. The van der Waals surface area contributed by atoms with Gasteiger partial charge in [-0.05, 0) is 27.0 Å². The summed E-state index contributed by atoms with van der Waals surface area (Å²) in [5.74, 6) is 0.470. The number of rotatable bonds is 7. The lowest BCUT2D eigenvalue weighted by Gasteiger charge is -2.11. The topological polar surface area (TPSA) is 89.2 Å². The number of sulfonamides is 1. The van der Waals surface area contributed by atoms with E-state index in [1.807, 2.05) is 25.5 Å². The van der Waals surface area contributed by atoms with Crippen LogP contribution < -0.4 is 10.0 Å². The van der Waals surface area contributed by atoms with E-state index in [2.05, 4.69) is 15.2 Å². The zero-order valence-corrected chi connectivity index (χ0v) is 13.1. The van der Waals surface area contributed by atoms with Gasteiger partial charge in [0.05, 0.1) is 17.6 Å². The molecular formula is C13H20N4O3S. The largest absolute Gasteiger partial charge is 0.360 e. The zero-order chi connectivity index (χ0) is 15.5. The third kappa shape index (κ3) is 3.72. The molecule has 2 heterocycles. The zero-order valence-electron chi connectivity index (χ0n) is 12.3. The molecule has 2 aromatic rings. The molecule has 0 aromatic carbocycles. The molecule has 0 aliphatic carbocycles. The van der Waals surface area contributed by atoms with Crippen LogP contribution in [-0.2, 0) is 23.1 Å². The molecular weight excluding hydrogens is 292 g/mol. The molecule has 0 aliphatic heterocycles. The number of hydrogen-bond donors (Lipinski definition) is 2. The summed E-state index contributed by atoms with van der Waals surface area (Å²) in [6.07, 6.45) is 3.13. The molecule has 2 aromatic heterocycles. The molecule has 2 rings (SSSR count). The highest BCUT2D eigenvalue weighted by Crippen LogP contribution is 2.19. The molecule has 0 saturated carbocycles. The van der Waals surface area contributed by atoms with Crippen LogP contribution in [0.2, 0.25) is 0 Å². The van der Waals surface area contributed by atoms with Crippen molar-refractivity contribution in [3.05, 3.63) is 36.0 Å². The standard InChI is InChI=1S/C13H20N4O3S/c1-10(2)17-9-13(6-11(17)7-14-3)21(18,19)16-8-12-4-5-15-20-12/h4-6,9-10,14,16H,7-8H2,1-3H3. The lowest BCUT2D eigenvalue weighted by molar-refractivity contribution is 0.380. The lowest BCUT2D eigenvalue weighted by atomic mass is 10.3. The summed E-state index contributed by atoms with van der Waals surface area (Å²) in [4.78, 5) is 0.251. The number of hydrogen-bond acceptors (Lipinski definition) is 5. The third-order valence-electron chi connectivity index (χ3n) is 3.06. The summed E-state index contributed by atoms with van der Waals surface area (Å²) in [7, 11) is -1.75. The Morgan fingerprint density at radius 3 is 2.71 bits per heavy atom. The molecule has 0 radical (unpaired) electrons. The van der Waals surface area contributed by atoms with E-state index in [-0.39, 0.29) is 17.5 Å². The molecule has 0 aliphatic rings. The van der Waals surface area contributed by atoms with Crippen molar-refractivity contribution >= 4 is 10.0 Å². The van der Waals surface area contributed by atoms with Crippen molar-refractivity contribution in [2.24, 2.45) is 0 Å². The van der Waals surface area contributed by atoms with Crippen molar-refractivity contribution < 1.29 is 12.9 Å². The fraction of sp³-hybridized carbons (Fsp3) is 0.462. The SMILES string of the molecule is CNCc1cc(S(=O)(=O)NCc2ccno2)cn1C(C)C. The first-order chi connectivity index (χ1) is 9.94. The fourth-order valence-electron chi connectivity index (χ4n) is 2.03. The van der Waals surface area contributed by atoms with E-state index >= 15 is 0 Å². The molecule has 0 bridgehead atoms.